The topological polar surface area (TPSA) is 44.8 Å². The Kier molecular flexibility index (Phi) is 5.97. The van der Waals surface area contributed by atoms with E-state index < -0.39 is 0 Å². The van der Waals surface area contributed by atoms with Crippen LogP contribution in [0.1, 0.15) is 27.2 Å². The van der Waals surface area contributed by atoms with Crippen LogP contribution in [0.25, 0.3) is 0 Å². The number of hydrogen-bond donors (Lipinski definition) is 1. The van der Waals surface area contributed by atoms with Crippen LogP contribution in [-0.2, 0) is 9.53 Å². The quantitative estimate of drug-likeness (QED) is 0.911. The predicted octanol–water partition coefficient (Wildman–Crippen LogP) is 2.83. The summed E-state index contributed by atoms with van der Waals surface area (Å²) in [7, 11) is 0. The van der Waals surface area contributed by atoms with Crippen molar-refractivity contribution in [2.24, 2.45) is 11.8 Å². The molecule has 0 spiro atoms. The Labute approximate surface area is 151 Å². The van der Waals surface area contributed by atoms with Crippen molar-refractivity contribution < 1.29 is 9.53 Å². The van der Waals surface area contributed by atoms with E-state index in [4.69, 9.17) is 4.74 Å². The van der Waals surface area contributed by atoms with Crippen molar-refractivity contribution in [3.8, 4) is 0 Å². The lowest BCUT2D eigenvalue weighted by molar-refractivity contribution is -0.121. The number of hydrogen-bond acceptors (Lipinski definition) is 4. The molecule has 0 saturated carbocycles. The number of rotatable bonds is 4. The lowest BCUT2D eigenvalue weighted by Crippen LogP contribution is -2.48. The standard InChI is InChI=1S/C20H31N3O2/c1-15-12-16(2)14-23(13-15)17(3)20(24)21-18-4-6-19(7-5-18)22-8-10-25-11-9-22/h4-7,15-17H,8-14H2,1-3H3,(H,21,24)/t15-,16-,17-/m0/s1. The number of carbonyl (C=O) groups is 1. The molecule has 2 aliphatic heterocycles. The minimum Gasteiger partial charge on any atom is -0.378 e. The van der Waals surface area contributed by atoms with Gasteiger partial charge in [0.1, 0.15) is 0 Å². The van der Waals surface area contributed by atoms with E-state index in [0.29, 0.717) is 11.8 Å². The van der Waals surface area contributed by atoms with Crippen molar-refractivity contribution >= 4 is 17.3 Å². The van der Waals surface area contributed by atoms with Crippen LogP contribution in [0.5, 0.6) is 0 Å². The van der Waals surface area contributed by atoms with Gasteiger partial charge in [0.25, 0.3) is 0 Å². The number of anilines is 2. The highest BCUT2D eigenvalue weighted by Crippen LogP contribution is 2.23. The van der Waals surface area contributed by atoms with Crippen LogP contribution in [0.2, 0.25) is 0 Å². The van der Waals surface area contributed by atoms with Gasteiger partial charge in [-0.2, -0.15) is 0 Å². The first-order valence-electron chi connectivity index (χ1n) is 9.50. The molecule has 3 atom stereocenters. The molecule has 0 unspecified atom stereocenters. The molecule has 2 fully saturated rings. The molecule has 1 amide bonds. The van der Waals surface area contributed by atoms with E-state index in [9.17, 15) is 4.79 Å². The first-order valence-corrected chi connectivity index (χ1v) is 9.50. The highest BCUT2D eigenvalue weighted by Gasteiger charge is 2.28. The number of morpholine rings is 1. The Morgan fingerprint density at radius 1 is 1.12 bits per heavy atom. The van der Waals surface area contributed by atoms with E-state index in [1.165, 1.54) is 12.1 Å². The number of ether oxygens (including phenoxy) is 1. The van der Waals surface area contributed by atoms with Crippen LogP contribution in [0.4, 0.5) is 11.4 Å². The Hall–Kier alpha value is -1.59. The van der Waals surface area contributed by atoms with Crippen molar-refractivity contribution in [2.75, 3.05) is 49.6 Å². The summed E-state index contributed by atoms with van der Waals surface area (Å²) in [5.74, 6) is 1.40. The van der Waals surface area contributed by atoms with E-state index in [1.54, 1.807) is 0 Å². The molecule has 1 aromatic carbocycles. The van der Waals surface area contributed by atoms with Gasteiger partial charge in [-0.3, -0.25) is 9.69 Å². The van der Waals surface area contributed by atoms with Crippen LogP contribution in [-0.4, -0.2) is 56.2 Å². The summed E-state index contributed by atoms with van der Waals surface area (Å²) in [6, 6.07) is 8.06. The zero-order valence-corrected chi connectivity index (χ0v) is 15.7. The van der Waals surface area contributed by atoms with Gasteiger partial charge in [-0.05, 0) is 49.4 Å². The summed E-state index contributed by atoms with van der Waals surface area (Å²) in [6.07, 6.45) is 1.26. The second-order valence-corrected chi connectivity index (χ2v) is 7.71. The summed E-state index contributed by atoms with van der Waals surface area (Å²) in [5.41, 5.74) is 2.06. The second kappa shape index (κ2) is 8.19. The third kappa shape index (κ3) is 4.73. The molecule has 0 aliphatic carbocycles. The van der Waals surface area contributed by atoms with Gasteiger partial charge < -0.3 is 15.0 Å². The van der Waals surface area contributed by atoms with E-state index in [2.05, 4.69) is 41.1 Å². The zero-order valence-electron chi connectivity index (χ0n) is 15.7. The van der Waals surface area contributed by atoms with Gasteiger partial charge >= 0.3 is 0 Å². The molecule has 0 bridgehead atoms. The minimum absolute atomic E-state index is 0.0837. The van der Waals surface area contributed by atoms with Crippen molar-refractivity contribution in [1.82, 2.24) is 4.90 Å². The first-order chi connectivity index (χ1) is 12.0. The molecule has 2 saturated heterocycles. The minimum atomic E-state index is -0.0934. The van der Waals surface area contributed by atoms with Crippen molar-refractivity contribution in [3.63, 3.8) is 0 Å². The number of nitrogens with zero attached hydrogens (tertiary/aromatic N) is 2. The fourth-order valence-corrected chi connectivity index (χ4v) is 4.02. The van der Waals surface area contributed by atoms with Crippen molar-refractivity contribution in [2.45, 2.75) is 33.2 Å². The van der Waals surface area contributed by atoms with Gasteiger partial charge in [0.2, 0.25) is 5.91 Å². The number of likely N-dealkylation sites (tertiary alicyclic amines) is 1. The van der Waals surface area contributed by atoms with Crippen molar-refractivity contribution in [3.05, 3.63) is 24.3 Å². The summed E-state index contributed by atoms with van der Waals surface area (Å²) < 4.78 is 5.39. The highest BCUT2D eigenvalue weighted by atomic mass is 16.5. The predicted molar refractivity (Wildman–Crippen MR) is 102 cm³/mol. The van der Waals surface area contributed by atoms with Gasteiger partial charge in [0.15, 0.2) is 0 Å². The van der Waals surface area contributed by atoms with E-state index in [0.717, 1.165) is 45.1 Å². The molecule has 1 N–H and O–H groups in total. The molecule has 1 aromatic rings. The Morgan fingerprint density at radius 2 is 1.72 bits per heavy atom. The van der Waals surface area contributed by atoms with Crippen LogP contribution < -0.4 is 10.2 Å². The maximum Gasteiger partial charge on any atom is 0.241 e. The Morgan fingerprint density at radius 3 is 2.32 bits per heavy atom. The molecule has 2 heterocycles. The second-order valence-electron chi connectivity index (χ2n) is 7.71. The maximum absolute atomic E-state index is 12.6. The largest absolute Gasteiger partial charge is 0.378 e. The fourth-order valence-electron chi connectivity index (χ4n) is 4.02. The lowest BCUT2D eigenvalue weighted by atomic mass is 9.91. The molecule has 3 rings (SSSR count). The molecule has 138 valence electrons. The van der Waals surface area contributed by atoms with E-state index >= 15 is 0 Å². The molecule has 0 radical (unpaired) electrons. The number of carbonyl (C=O) groups excluding carboxylic acids is 1. The molecule has 0 aromatic heterocycles. The lowest BCUT2D eigenvalue weighted by Gasteiger charge is -2.38. The van der Waals surface area contributed by atoms with E-state index in [1.807, 2.05) is 19.1 Å². The normalized spacial score (nSPS) is 26.3. The van der Waals surface area contributed by atoms with Crippen LogP contribution in [0, 0.1) is 11.8 Å². The zero-order chi connectivity index (χ0) is 17.8. The third-order valence-electron chi connectivity index (χ3n) is 5.34. The summed E-state index contributed by atoms with van der Waals surface area (Å²) in [4.78, 5) is 17.3. The van der Waals surface area contributed by atoms with Gasteiger partial charge in [-0.1, -0.05) is 13.8 Å². The summed E-state index contributed by atoms with van der Waals surface area (Å²) in [6.45, 7) is 12.0. The maximum atomic E-state index is 12.6. The molecule has 5 heteroatoms. The fraction of sp³-hybridized carbons (Fsp3) is 0.650. The molecule has 2 aliphatic rings. The van der Waals surface area contributed by atoms with Gasteiger partial charge in [-0.15, -0.1) is 0 Å². The van der Waals surface area contributed by atoms with Gasteiger partial charge in [0.05, 0.1) is 19.3 Å². The summed E-state index contributed by atoms with van der Waals surface area (Å²) in [5, 5.41) is 3.07. The average molecular weight is 345 g/mol. The molecular weight excluding hydrogens is 314 g/mol. The monoisotopic (exact) mass is 345 g/mol. The van der Waals surface area contributed by atoms with Crippen LogP contribution in [0.15, 0.2) is 24.3 Å². The first kappa shape index (κ1) is 18.2. The number of piperidine rings is 1. The van der Waals surface area contributed by atoms with Gasteiger partial charge in [-0.25, -0.2) is 0 Å². The van der Waals surface area contributed by atoms with Crippen LogP contribution >= 0.6 is 0 Å². The molecule has 25 heavy (non-hydrogen) atoms. The highest BCUT2D eigenvalue weighted by molar-refractivity contribution is 5.94. The molecule has 5 nitrogen and oxygen atoms in total. The van der Waals surface area contributed by atoms with Gasteiger partial charge in [0, 0.05) is 37.6 Å². The van der Waals surface area contributed by atoms with Crippen molar-refractivity contribution in [1.29, 1.82) is 0 Å². The number of benzene rings is 1. The average Bonchev–Trinajstić information content (AvgIpc) is 2.61. The third-order valence-corrected chi connectivity index (χ3v) is 5.34. The smallest absolute Gasteiger partial charge is 0.241 e. The molecular formula is C20H31N3O2. The Bertz CT molecular complexity index is 559. The summed E-state index contributed by atoms with van der Waals surface area (Å²) >= 11 is 0. The van der Waals surface area contributed by atoms with Crippen LogP contribution in [0.3, 0.4) is 0 Å². The number of nitrogens with one attached hydrogen (secondary N) is 1. The SMILES string of the molecule is C[C@H]1C[C@H](C)CN([C@@H](C)C(=O)Nc2ccc(N3CCOCC3)cc2)C1. The number of amides is 1. The Balaban J connectivity index is 1.56. The van der Waals surface area contributed by atoms with E-state index in [-0.39, 0.29) is 11.9 Å².